The van der Waals surface area contributed by atoms with E-state index < -0.39 is 5.91 Å². The number of pyridine rings is 1. The lowest BCUT2D eigenvalue weighted by Gasteiger charge is -2.13. The van der Waals surface area contributed by atoms with Gasteiger partial charge in [0.25, 0.3) is 6.47 Å². The van der Waals surface area contributed by atoms with Crippen molar-refractivity contribution >= 4 is 34.9 Å². The summed E-state index contributed by atoms with van der Waals surface area (Å²) in [5.74, 6) is -0.215. The van der Waals surface area contributed by atoms with Gasteiger partial charge < -0.3 is 25.6 Å². The van der Waals surface area contributed by atoms with Gasteiger partial charge in [-0.2, -0.15) is 0 Å². The van der Waals surface area contributed by atoms with Crippen LogP contribution in [0.15, 0.2) is 42.5 Å². The number of carboxylic acid groups (broad SMARTS) is 1. The van der Waals surface area contributed by atoms with Crippen molar-refractivity contribution in [1.29, 1.82) is 0 Å². The number of nitrogens with two attached hydrogens (primary N) is 1. The van der Waals surface area contributed by atoms with Crippen molar-refractivity contribution in [1.82, 2.24) is 4.98 Å². The Morgan fingerprint density at radius 3 is 2.35 bits per heavy atom. The molecule has 0 unspecified atom stereocenters. The highest BCUT2D eigenvalue weighted by Gasteiger charge is 2.13. The first-order valence-corrected chi connectivity index (χ1v) is 9.10. The number of carbonyl (C=O) groups excluding carboxylic acids is 2. The second-order valence-electron chi connectivity index (χ2n) is 6.42. The average Bonchev–Trinajstić information content (AvgIpc) is 2.74. The molecule has 31 heavy (non-hydrogen) atoms. The minimum Gasteiger partial charge on any atom is -0.495 e. The summed E-state index contributed by atoms with van der Waals surface area (Å²) in [5, 5.41) is 10.6. The fourth-order valence-electron chi connectivity index (χ4n) is 2.96. The zero-order valence-corrected chi connectivity index (χ0v) is 17.3. The Morgan fingerprint density at radius 2 is 1.81 bits per heavy atom. The molecule has 1 aromatic heterocycles. The fraction of sp³-hybridized carbons (Fsp3) is 0.182. The SMILES string of the molecule is COCC(=O)Nc1cc2nc(-c3ccc(C(N)=O)cc3)cc(C)c2cc1OC.O=CO. The molecular weight excluding hydrogens is 402 g/mol. The molecule has 0 saturated carbocycles. The van der Waals surface area contributed by atoms with Crippen LogP contribution in [-0.2, 0) is 14.3 Å². The second-order valence-corrected chi connectivity index (χ2v) is 6.42. The summed E-state index contributed by atoms with van der Waals surface area (Å²) in [6.45, 7) is 1.67. The number of nitrogens with zero attached hydrogens (tertiary/aromatic N) is 1. The highest BCUT2D eigenvalue weighted by molar-refractivity contribution is 5.98. The van der Waals surface area contributed by atoms with Crippen molar-refractivity contribution < 1.29 is 29.0 Å². The van der Waals surface area contributed by atoms with Gasteiger partial charge in [-0.1, -0.05) is 12.1 Å². The summed E-state index contributed by atoms with van der Waals surface area (Å²) in [6, 6.07) is 12.5. The third-order valence-electron chi connectivity index (χ3n) is 4.35. The number of benzene rings is 2. The summed E-state index contributed by atoms with van der Waals surface area (Å²) in [5.41, 5.74) is 9.58. The number of hydrogen-bond donors (Lipinski definition) is 3. The molecule has 3 rings (SSSR count). The van der Waals surface area contributed by atoms with Crippen LogP contribution in [0.4, 0.5) is 5.69 Å². The van der Waals surface area contributed by atoms with E-state index in [9.17, 15) is 9.59 Å². The van der Waals surface area contributed by atoms with Gasteiger partial charge in [-0.05, 0) is 42.8 Å². The number of rotatable bonds is 6. The van der Waals surface area contributed by atoms with Gasteiger partial charge in [0.15, 0.2) is 0 Å². The predicted molar refractivity (Wildman–Crippen MR) is 116 cm³/mol. The number of primary amides is 1. The monoisotopic (exact) mass is 425 g/mol. The van der Waals surface area contributed by atoms with Crippen molar-refractivity contribution in [2.75, 3.05) is 26.1 Å². The third kappa shape index (κ3) is 5.77. The van der Waals surface area contributed by atoms with E-state index in [0.717, 1.165) is 22.2 Å². The molecule has 4 N–H and O–H groups in total. The van der Waals surface area contributed by atoms with Gasteiger partial charge >= 0.3 is 0 Å². The Hall–Kier alpha value is -3.98. The maximum atomic E-state index is 11.9. The molecule has 2 aromatic carbocycles. The molecule has 0 bridgehead atoms. The van der Waals surface area contributed by atoms with Gasteiger partial charge in [0, 0.05) is 23.6 Å². The van der Waals surface area contributed by atoms with Crippen LogP contribution >= 0.6 is 0 Å². The molecule has 3 aromatic rings. The van der Waals surface area contributed by atoms with Crippen molar-refractivity contribution in [3.63, 3.8) is 0 Å². The van der Waals surface area contributed by atoms with Gasteiger partial charge in [0.2, 0.25) is 11.8 Å². The lowest BCUT2D eigenvalue weighted by atomic mass is 10.0. The maximum Gasteiger partial charge on any atom is 0.290 e. The summed E-state index contributed by atoms with van der Waals surface area (Å²) in [7, 11) is 3.00. The molecule has 9 heteroatoms. The smallest absolute Gasteiger partial charge is 0.290 e. The number of amides is 2. The van der Waals surface area contributed by atoms with Gasteiger partial charge in [-0.25, -0.2) is 4.98 Å². The Labute approximate surface area is 178 Å². The predicted octanol–water partition coefficient (Wildman–Crippen LogP) is 2.60. The number of ether oxygens (including phenoxy) is 2. The van der Waals surface area contributed by atoms with Gasteiger partial charge in [0.05, 0.1) is 24.0 Å². The first-order valence-electron chi connectivity index (χ1n) is 9.10. The van der Waals surface area contributed by atoms with Crippen molar-refractivity contribution in [2.24, 2.45) is 5.73 Å². The van der Waals surface area contributed by atoms with Crippen molar-refractivity contribution in [2.45, 2.75) is 6.92 Å². The quantitative estimate of drug-likeness (QED) is 0.516. The van der Waals surface area contributed by atoms with Crippen LogP contribution < -0.4 is 15.8 Å². The van der Waals surface area contributed by atoms with E-state index in [1.807, 2.05) is 19.1 Å². The molecule has 0 aliphatic carbocycles. The largest absolute Gasteiger partial charge is 0.495 e. The van der Waals surface area contributed by atoms with Crippen molar-refractivity contribution in [3.05, 3.63) is 53.6 Å². The molecule has 162 valence electrons. The normalized spacial score (nSPS) is 10.0. The van der Waals surface area contributed by atoms with E-state index in [2.05, 4.69) is 5.32 Å². The fourth-order valence-corrected chi connectivity index (χ4v) is 2.96. The number of fused-ring (bicyclic) bond motifs is 1. The third-order valence-corrected chi connectivity index (χ3v) is 4.35. The molecule has 0 aliphatic heterocycles. The Balaban J connectivity index is 0.00000107. The maximum absolute atomic E-state index is 11.9. The van der Waals surface area contributed by atoms with E-state index in [1.54, 1.807) is 37.4 Å². The molecule has 0 fully saturated rings. The molecule has 0 spiro atoms. The highest BCUT2D eigenvalue weighted by Crippen LogP contribution is 2.33. The topological polar surface area (TPSA) is 141 Å². The highest BCUT2D eigenvalue weighted by atomic mass is 16.5. The standard InChI is InChI=1S/C21H21N3O4.CH2O2/c1-12-8-16(13-4-6-14(7-5-13)21(22)26)23-17-10-18(24-20(25)11-27-2)19(28-3)9-15(12)17;2-1-3/h4-10H,11H2,1-3H3,(H2,22,26)(H,24,25);1H,(H,2,3). The number of carbonyl (C=O) groups is 3. The van der Waals surface area contributed by atoms with Gasteiger partial charge in [0.1, 0.15) is 12.4 Å². The summed E-state index contributed by atoms with van der Waals surface area (Å²) < 4.78 is 10.3. The Bertz CT molecular complexity index is 1100. The molecule has 2 amide bonds. The van der Waals surface area contributed by atoms with Crippen LogP contribution in [-0.4, -0.2) is 49.2 Å². The Kier molecular flexibility index (Phi) is 8.04. The molecular formula is C22H23N3O6. The minimum absolute atomic E-state index is 0.0557. The number of hydrogen-bond acceptors (Lipinski definition) is 6. The van der Waals surface area contributed by atoms with E-state index in [1.165, 1.54) is 7.11 Å². The summed E-state index contributed by atoms with van der Waals surface area (Å²) in [4.78, 5) is 36.2. The summed E-state index contributed by atoms with van der Waals surface area (Å²) in [6.07, 6.45) is 0. The van der Waals surface area contributed by atoms with Crippen LogP contribution in [0.25, 0.3) is 22.2 Å². The minimum atomic E-state index is -0.474. The number of anilines is 1. The molecule has 9 nitrogen and oxygen atoms in total. The number of aromatic nitrogens is 1. The van der Waals surface area contributed by atoms with Crippen molar-refractivity contribution in [3.8, 4) is 17.0 Å². The van der Waals surface area contributed by atoms with Crippen LogP contribution in [0.5, 0.6) is 5.75 Å². The Morgan fingerprint density at radius 1 is 1.16 bits per heavy atom. The van der Waals surface area contributed by atoms with E-state index in [4.69, 9.17) is 30.1 Å². The molecule has 0 atom stereocenters. The van der Waals surface area contributed by atoms with Crippen LogP contribution in [0.2, 0.25) is 0 Å². The second kappa shape index (κ2) is 10.7. The van der Waals surface area contributed by atoms with E-state index in [-0.39, 0.29) is 19.0 Å². The van der Waals surface area contributed by atoms with Crippen LogP contribution in [0.3, 0.4) is 0 Å². The van der Waals surface area contributed by atoms with Crippen LogP contribution in [0.1, 0.15) is 15.9 Å². The average molecular weight is 425 g/mol. The van der Waals surface area contributed by atoms with E-state index in [0.29, 0.717) is 22.5 Å². The lowest BCUT2D eigenvalue weighted by Crippen LogP contribution is -2.17. The first-order chi connectivity index (χ1) is 14.8. The lowest BCUT2D eigenvalue weighted by molar-refractivity contribution is -0.123. The molecule has 0 saturated heterocycles. The number of nitrogens with one attached hydrogen (secondary N) is 1. The van der Waals surface area contributed by atoms with Crippen LogP contribution in [0, 0.1) is 6.92 Å². The zero-order valence-electron chi connectivity index (χ0n) is 17.3. The zero-order chi connectivity index (χ0) is 23.0. The van der Waals surface area contributed by atoms with Gasteiger partial charge in [-0.15, -0.1) is 0 Å². The molecule has 0 radical (unpaired) electrons. The molecule has 1 heterocycles. The van der Waals surface area contributed by atoms with E-state index >= 15 is 0 Å². The number of methoxy groups -OCH3 is 2. The number of aryl methyl sites for hydroxylation is 1. The molecule has 0 aliphatic rings. The first kappa shape index (κ1) is 23.3. The van der Waals surface area contributed by atoms with Gasteiger partial charge in [-0.3, -0.25) is 14.4 Å². The summed E-state index contributed by atoms with van der Waals surface area (Å²) >= 11 is 0.